The molecule has 0 N–H and O–H groups in total. The maximum atomic E-state index is 13.4. The number of rotatable bonds is 3. The third-order valence-corrected chi connectivity index (χ3v) is 2.52. The van der Waals surface area contributed by atoms with Crippen LogP contribution < -0.4 is 4.74 Å². The van der Waals surface area contributed by atoms with Gasteiger partial charge in [-0.05, 0) is 18.2 Å². The molecule has 1 aromatic carbocycles. The van der Waals surface area contributed by atoms with Gasteiger partial charge in [0.05, 0.1) is 18.7 Å². The molecule has 0 radical (unpaired) electrons. The zero-order valence-corrected chi connectivity index (χ0v) is 9.38. The summed E-state index contributed by atoms with van der Waals surface area (Å²) < 4.78 is 66.6. The summed E-state index contributed by atoms with van der Waals surface area (Å²) in [5, 5.41) is 0. The number of alkyl halides is 4. The lowest BCUT2D eigenvalue weighted by Gasteiger charge is -2.38. The van der Waals surface area contributed by atoms with Crippen molar-refractivity contribution < 1.29 is 31.5 Å². The van der Waals surface area contributed by atoms with Crippen LogP contribution in [-0.4, -0.2) is 36.4 Å². The average molecular weight is 281 g/mol. The summed E-state index contributed by atoms with van der Waals surface area (Å²) in [6.45, 7) is -4.75. The Bertz CT molecular complexity index is 498. The van der Waals surface area contributed by atoms with E-state index in [4.69, 9.17) is 0 Å². The van der Waals surface area contributed by atoms with Crippen LogP contribution in [0.3, 0.4) is 0 Å². The van der Waals surface area contributed by atoms with Crippen LogP contribution in [0.4, 0.5) is 22.0 Å². The van der Waals surface area contributed by atoms with Gasteiger partial charge in [0.15, 0.2) is 0 Å². The van der Waals surface area contributed by atoms with E-state index in [9.17, 15) is 26.7 Å². The monoisotopic (exact) mass is 281 g/mol. The molecule has 0 saturated carbocycles. The molecule has 1 aromatic rings. The lowest BCUT2D eigenvalue weighted by atomic mass is 10.1. The van der Waals surface area contributed by atoms with Gasteiger partial charge in [0.2, 0.25) is 0 Å². The van der Waals surface area contributed by atoms with Crippen LogP contribution in [0.25, 0.3) is 0 Å². The quantitative estimate of drug-likeness (QED) is 0.797. The maximum Gasteiger partial charge on any atom is 0.387 e. The molecule has 1 aliphatic heterocycles. The van der Waals surface area contributed by atoms with E-state index in [2.05, 4.69) is 4.74 Å². The molecule has 8 heteroatoms. The number of likely N-dealkylation sites (tertiary alicyclic amines) is 1. The number of ether oxygens (including phenoxy) is 1. The third kappa shape index (κ3) is 2.94. The molecule has 1 amide bonds. The Hall–Kier alpha value is -1.86. The van der Waals surface area contributed by atoms with Crippen molar-refractivity contribution in [3.05, 3.63) is 29.6 Å². The van der Waals surface area contributed by atoms with Gasteiger partial charge in [-0.25, -0.2) is 13.2 Å². The van der Waals surface area contributed by atoms with Crippen molar-refractivity contribution in [2.45, 2.75) is 12.5 Å². The topological polar surface area (TPSA) is 29.5 Å². The fraction of sp³-hybridized carbons (Fsp3) is 0.364. The molecule has 0 bridgehead atoms. The Balaban J connectivity index is 2.17. The van der Waals surface area contributed by atoms with Crippen molar-refractivity contribution >= 4 is 5.91 Å². The highest BCUT2D eigenvalue weighted by Gasteiger charge is 2.46. The first kappa shape index (κ1) is 13.6. The molecule has 19 heavy (non-hydrogen) atoms. The van der Waals surface area contributed by atoms with Crippen molar-refractivity contribution in [3.63, 3.8) is 0 Å². The molecular formula is C11H8F5NO2. The zero-order chi connectivity index (χ0) is 14.2. The third-order valence-electron chi connectivity index (χ3n) is 2.52. The van der Waals surface area contributed by atoms with Gasteiger partial charge in [-0.2, -0.15) is 8.78 Å². The lowest BCUT2D eigenvalue weighted by Crippen LogP contribution is -2.58. The molecule has 0 atom stereocenters. The van der Waals surface area contributed by atoms with E-state index in [0.717, 1.165) is 23.1 Å². The van der Waals surface area contributed by atoms with Crippen molar-refractivity contribution in [1.82, 2.24) is 4.90 Å². The van der Waals surface area contributed by atoms with Crippen LogP contribution in [0.2, 0.25) is 0 Å². The normalized spacial score (nSPS) is 17.3. The molecule has 104 valence electrons. The van der Waals surface area contributed by atoms with Crippen molar-refractivity contribution in [2.75, 3.05) is 13.1 Å². The van der Waals surface area contributed by atoms with Crippen molar-refractivity contribution in [3.8, 4) is 5.75 Å². The van der Waals surface area contributed by atoms with Crippen molar-refractivity contribution in [1.29, 1.82) is 0 Å². The van der Waals surface area contributed by atoms with Gasteiger partial charge in [0.1, 0.15) is 11.6 Å². The Kier molecular flexibility index (Phi) is 3.34. The number of amides is 1. The number of nitrogens with zero attached hydrogens (tertiary/aromatic N) is 1. The summed E-state index contributed by atoms with van der Waals surface area (Å²) in [5.74, 6) is -5.36. The SMILES string of the molecule is O=C(c1cc(OC(F)F)ccc1F)N1CC(F)(F)C1. The summed E-state index contributed by atoms with van der Waals surface area (Å²) in [4.78, 5) is 12.4. The lowest BCUT2D eigenvalue weighted by molar-refractivity contribution is -0.113. The molecule has 0 aromatic heterocycles. The second kappa shape index (κ2) is 4.67. The van der Waals surface area contributed by atoms with Gasteiger partial charge in [-0.3, -0.25) is 4.79 Å². The number of hydrogen-bond donors (Lipinski definition) is 0. The van der Waals surface area contributed by atoms with Crippen LogP contribution in [0.1, 0.15) is 10.4 Å². The molecule has 1 aliphatic rings. The zero-order valence-electron chi connectivity index (χ0n) is 9.38. The van der Waals surface area contributed by atoms with Crippen LogP contribution in [0.15, 0.2) is 18.2 Å². The molecule has 0 spiro atoms. The standard InChI is InChI=1S/C11H8F5NO2/c12-8-2-1-6(19-10(13)14)3-7(8)9(18)17-4-11(15,16)5-17/h1-3,10H,4-5H2. The van der Waals surface area contributed by atoms with E-state index in [-0.39, 0.29) is 0 Å². The van der Waals surface area contributed by atoms with Crippen LogP contribution in [-0.2, 0) is 0 Å². The molecular weight excluding hydrogens is 273 g/mol. The predicted molar refractivity (Wildman–Crippen MR) is 53.9 cm³/mol. The summed E-state index contributed by atoms with van der Waals surface area (Å²) >= 11 is 0. The fourth-order valence-corrected chi connectivity index (χ4v) is 1.67. The van der Waals surface area contributed by atoms with Gasteiger partial charge in [-0.1, -0.05) is 0 Å². The Labute approximate surface area is 104 Å². The second-order valence-electron chi connectivity index (χ2n) is 4.04. The fourth-order valence-electron chi connectivity index (χ4n) is 1.67. The number of halogens is 5. The van der Waals surface area contributed by atoms with Crippen LogP contribution in [0.5, 0.6) is 5.75 Å². The minimum Gasteiger partial charge on any atom is -0.435 e. The van der Waals surface area contributed by atoms with E-state index < -0.39 is 48.7 Å². The predicted octanol–water partition coefficient (Wildman–Crippen LogP) is 2.52. The molecule has 2 rings (SSSR count). The summed E-state index contributed by atoms with van der Waals surface area (Å²) in [6.07, 6.45) is 0. The first-order chi connectivity index (χ1) is 8.78. The van der Waals surface area contributed by atoms with E-state index in [1.807, 2.05) is 0 Å². The highest BCUT2D eigenvalue weighted by Crippen LogP contribution is 2.29. The van der Waals surface area contributed by atoms with Gasteiger partial charge in [0.25, 0.3) is 11.8 Å². The summed E-state index contributed by atoms with van der Waals surface area (Å²) in [7, 11) is 0. The van der Waals surface area contributed by atoms with Gasteiger partial charge < -0.3 is 9.64 Å². The van der Waals surface area contributed by atoms with E-state index >= 15 is 0 Å². The summed E-state index contributed by atoms with van der Waals surface area (Å²) in [5.41, 5.74) is -0.575. The maximum absolute atomic E-state index is 13.4. The van der Waals surface area contributed by atoms with E-state index in [1.165, 1.54) is 0 Å². The average Bonchev–Trinajstić information content (AvgIpc) is 2.27. The number of carbonyl (C=O) groups excluding carboxylic acids is 1. The Morgan fingerprint density at radius 2 is 1.95 bits per heavy atom. The highest BCUT2D eigenvalue weighted by molar-refractivity contribution is 5.95. The van der Waals surface area contributed by atoms with Gasteiger partial charge >= 0.3 is 6.61 Å². The molecule has 1 fully saturated rings. The van der Waals surface area contributed by atoms with Crippen molar-refractivity contribution in [2.24, 2.45) is 0 Å². The summed E-state index contributed by atoms with van der Waals surface area (Å²) in [6, 6.07) is 2.45. The minimum atomic E-state index is -3.12. The molecule has 1 heterocycles. The molecule has 0 unspecified atom stereocenters. The smallest absolute Gasteiger partial charge is 0.387 e. The van der Waals surface area contributed by atoms with Gasteiger partial charge in [0, 0.05) is 0 Å². The molecule has 3 nitrogen and oxygen atoms in total. The number of benzene rings is 1. The second-order valence-corrected chi connectivity index (χ2v) is 4.04. The Morgan fingerprint density at radius 1 is 1.32 bits per heavy atom. The largest absolute Gasteiger partial charge is 0.435 e. The van der Waals surface area contributed by atoms with Crippen LogP contribution >= 0.6 is 0 Å². The first-order valence-corrected chi connectivity index (χ1v) is 5.20. The minimum absolute atomic E-state index is 0.410. The first-order valence-electron chi connectivity index (χ1n) is 5.20. The molecule has 0 aliphatic carbocycles. The van der Waals surface area contributed by atoms with Crippen LogP contribution in [0, 0.1) is 5.82 Å². The van der Waals surface area contributed by atoms with E-state index in [1.54, 1.807) is 0 Å². The molecule has 1 saturated heterocycles. The Morgan fingerprint density at radius 3 is 2.47 bits per heavy atom. The number of carbonyl (C=O) groups is 1. The van der Waals surface area contributed by atoms with E-state index in [0.29, 0.717) is 0 Å². The highest BCUT2D eigenvalue weighted by atomic mass is 19.3. The number of hydrogen-bond acceptors (Lipinski definition) is 2. The van der Waals surface area contributed by atoms with Gasteiger partial charge in [-0.15, -0.1) is 0 Å².